The lowest BCUT2D eigenvalue weighted by Crippen LogP contribution is -2.11. The highest BCUT2D eigenvalue weighted by Gasteiger charge is 2.18. The molecule has 0 spiro atoms. The summed E-state index contributed by atoms with van der Waals surface area (Å²) < 4.78 is 30.3. The van der Waals surface area contributed by atoms with E-state index in [0.717, 1.165) is 28.1 Å². The Kier molecular flexibility index (Phi) is 4.91. The average molecular weight is 447 g/mol. The summed E-state index contributed by atoms with van der Waals surface area (Å²) in [6.45, 7) is 0.0931. The van der Waals surface area contributed by atoms with Crippen LogP contribution in [0.2, 0.25) is 5.02 Å². The molecule has 0 aliphatic heterocycles. The molecule has 5 rings (SSSR count). The normalized spacial score (nSPS) is 11.3. The van der Waals surface area contributed by atoms with Gasteiger partial charge in [-0.15, -0.1) is 0 Å². The fourth-order valence-corrected chi connectivity index (χ4v) is 4.31. The molecule has 0 saturated heterocycles. The lowest BCUT2D eigenvalue weighted by atomic mass is 10.0. The number of fused-ring (bicyclic) bond motifs is 3. The molecule has 0 atom stereocenters. The second-order valence-corrected chi connectivity index (χ2v) is 8.04. The van der Waals surface area contributed by atoms with Crippen molar-refractivity contribution in [2.75, 3.05) is 0 Å². The monoisotopic (exact) mass is 446 g/mol. The van der Waals surface area contributed by atoms with Gasteiger partial charge in [0, 0.05) is 26.9 Å². The third-order valence-electron chi connectivity index (χ3n) is 5.69. The molecule has 2 N–H and O–H groups in total. The molecule has 0 aliphatic rings. The first-order valence-electron chi connectivity index (χ1n) is 9.97. The van der Waals surface area contributed by atoms with Crippen LogP contribution in [0.4, 0.5) is 8.78 Å². The number of nitrogens with two attached hydrogens (primary N) is 1. The predicted octanol–water partition coefficient (Wildman–Crippen LogP) is 6.54. The zero-order valence-electron chi connectivity index (χ0n) is 16.8. The SMILES string of the molecule is NC(=O)c1cccc2c1c1ccc(-c3ccc(Cl)cc3)cc1n2Cc1cccc(F)c1F. The number of aromatic nitrogens is 1. The quantitative estimate of drug-likeness (QED) is 0.335. The fourth-order valence-electron chi connectivity index (χ4n) is 4.18. The van der Waals surface area contributed by atoms with Crippen molar-refractivity contribution in [3.63, 3.8) is 0 Å². The van der Waals surface area contributed by atoms with Gasteiger partial charge in [0.05, 0.1) is 17.6 Å². The van der Waals surface area contributed by atoms with Gasteiger partial charge < -0.3 is 10.3 Å². The van der Waals surface area contributed by atoms with Gasteiger partial charge >= 0.3 is 0 Å². The molecule has 3 nitrogen and oxygen atoms in total. The first kappa shape index (κ1) is 20.2. The van der Waals surface area contributed by atoms with Crippen LogP contribution in [0.3, 0.4) is 0 Å². The highest BCUT2D eigenvalue weighted by Crippen LogP contribution is 2.35. The van der Waals surface area contributed by atoms with Crippen molar-refractivity contribution in [3.8, 4) is 11.1 Å². The molecule has 6 heteroatoms. The Balaban J connectivity index is 1.81. The summed E-state index contributed by atoms with van der Waals surface area (Å²) in [5, 5.41) is 2.13. The van der Waals surface area contributed by atoms with E-state index in [1.54, 1.807) is 18.2 Å². The molecule has 5 aromatic rings. The van der Waals surface area contributed by atoms with Crippen LogP contribution in [0, 0.1) is 11.6 Å². The van der Waals surface area contributed by atoms with Crippen LogP contribution >= 0.6 is 11.6 Å². The number of halogens is 3. The number of primary amides is 1. The van der Waals surface area contributed by atoms with Crippen molar-refractivity contribution in [3.05, 3.63) is 107 Å². The van der Waals surface area contributed by atoms with E-state index in [0.29, 0.717) is 21.5 Å². The zero-order chi connectivity index (χ0) is 22.4. The Morgan fingerprint density at radius 1 is 0.875 bits per heavy atom. The summed E-state index contributed by atoms with van der Waals surface area (Å²) in [7, 11) is 0. The van der Waals surface area contributed by atoms with Gasteiger partial charge in [-0.1, -0.05) is 54.1 Å². The van der Waals surface area contributed by atoms with Gasteiger partial charge in [0.15, 0.2) is 11.6 Å². The van der Waals surface area contributed by atoms with Gasteiger partial charge in [0.2, 0.25) is 5.91 Å². The molecule has 158 valence electrons. The van der Waals surface area contributed by atoms with Crippen molar-refractivity contribution >= 4 is 39.3 Å². The summed E-state index contributed by atoms with van der Waals surface area (Å²) >= 11 is 6.02. The Labute approximate surface area is 187 Å². The molecule has 0 bridgehead atoms. The molecule has 1 amide bonds. The van der Waals surface area contributed by atoms with Crippen molar-refractivity contribution in [1.82, 2.24) is 4.57 Å². The number of hydrogen-bond donors (Lipinski definition) is 1. The minimum Gasteiger partial charge on any atom is -0.366 e. The summed E-state index contributed by atoms with van der Waals surface area (Å²) in [6.07, 6.45) is 0. The minimum absolute atomic E-state index is 0.0931. The van der Waals surface area contributed by atoms with Crippen LogP contribution in [0.1, 0.15) is 15.9 Å². The molecular weight excluding hydrogens is 430 g/mol. The lowest BCUT2D eigenvalue weighted by Gasteiger charge is -2.10. The minimum atomic E-state index is -0.900. The third kappa shape index (κ3) is 3.31. The topological polar surface area (TPSA) is 48.0 Å². The smallest absolute Gasteiger partial charge is 0.249 e. The number of nitrogens with zero attached hydrogens (tertiary/aromatic N) is 1. The Hall–Kier alpha value is -3.70. The number of hydrogen-bond acceptors (Lipinski definition) is 1. The first-order valence-corrected chi connectivity index (χ1v) is 10.4. The number of rotatable bonds is 4. The maximum Gasteiger partial charge on any atom is 0.249 e. The van der Waals surface area contributed by atoms with Gasteiger partial charge in [-0.3, -0.25) is 4.79 Å². The van der Waals surface area contributed by atoms with Crippen molar-refractivity contribution in [2.24, 2.45) is 5.73 Å². The van der Waals surface area contributed by atoms with Crippen LogP contribution < -0.4 is 5.73 Å². The van der Waals surface area contributed by atoms with E-state index in [4.69, 9.17) is 17.3 Å². The predicted molar refractivity (Wildman–Crippen MR) is 124 cm³/mol. The van der Waals surface area contributed by atoms with E-state index in [-0.39, 0.29) is 12.1 Å². The van der Waals surface area contributed by atoms with Crippen molar-refractivity contribution in [2.45, 2.75) is 6.54 Å². The zero-order valence-corrected chi connectivity index (χ0v) is 17.5. The summed E-state index contributed by atoms with van der Waals surface area (Å²) in [5.74, 6) is -2.33. The van der Waals surface area contributed by atoms with Gasteiger partial charge in [0.1, 0.15) is 0 Å². The van der Waals surface area contributed by atoms with Gasteiger partial charge in [-0.2, -0.15) is 0 Å². The van der Waals surface area contributed by atoms with Crippen molar-refractivity contribution in [1.29, 1.82) is 0 Å². The number of benzene rings is 4. The second-order valence-electron chi connectivity index (χ2n) is 7.60. The standard InChI is InChI=1S/C26H17ClF2N2O/c27-18-10-7-15(8-11-18)16-9-12-19-23(13-16)31(14-17-3-1-5-21(28)25(17)29)22-6-2-4-20(24(19)22)26(30)32/h1-13H,14H2,(H2,30,32). The maximum atomic E-state index is 14.5. The molecule has 1 heterocycles. The molecule has 0 radical (unpaired) electrons. The van der Waals surface area contributed by atoms with Gasteiger partial charge in [-0.25, -0.2) is 8.78 Å². The highest BCUT2D eigenvalue weighted by molar-refractivity contribution is 6.30. The highest BCUT2D eigenvalue weighted by atomic mass is 35.5. The molecule has 0 saturated carbocycles. The van der Waals surface area contributed by atoms with E-state index in [9.17, 15) is 13.6 Å². The Bertz CT molecular complexity index is 1510. The molecule has 4 aromatic carbocycles. The largest absolute Gasteiger partial charge is 0.366 e. The van der Waals surface area contributed by atoms with E-state index in [1.807, 2.05) is 53.1 Å². The Morgan fingerprint density at radius 2 is 1.59 bits per heavy atom. The second kappa shape index (κ2) is 7.77. The van der Waals surface area contributed by atoms with Crippen LogP contribution in [-0.2, 0) is 6.54 Å². The van der Waals surface area contributed by atoms with E-state index in [2.05, 4.69) is 0 Å². The fraction of sp³-hybridized carbons (Fsp3) is 0.0385. The number of carbonyl (C=O) groups excluding carboxylic acids is 1. The first-order chi connectivity index (χ1) is 15.4. The van der Waals surface area contributed by atoms with Gasteiger partial charge in [-0.05, 0) is 47.5 Å². The number of carbonyl (C=O) groups is 1. The van der Waals surface area contributed by atoms with Crippen LogP contribution in [0.25, 0.3) is 32.9 Å². The van der Waals surface area contributed by atoms with E-state index < -0.39 is 17.5 Å². The molecule has 32 heavy (non-hydrogen) atoms. The summed E-state index contributed by atoms with van der Waals surface area (Å²) in [4.78, 5) is 12.1. The van der Waals surface area contributed by atoms with Crippen molar-refractivity contribution < 1.29 is 13.6 Å². The van der Waals surface area contributed by atoms with Crippen LogP contribution in [0.5, 0.6) is 0 Å². The maximum absolute atomic E-state index is 14.5. The number of amides is 1. The lowest BCUT2D eigenvalue weighted by molar-refractivity contribution is 0.100. The van der Waals surface area contributed by atoms with Gasteiger partial charge in [0.25, 0.3) is 0 Å². The van der Waals surface area contributed by atoms with Crippen LogP contribution in [-0.4, -0.2) is 10.5 Å². The van der Waals surface area contributed by atoms with E-state index >= 15 is 0 Å². The summed E-state index contributed by atoms with van der Waals surface area (Å²) in [6, 6.07) is 22.7. The molecular formula is C26H17ClF2N2O. The average Bonchev–Trinajstić information content (AvgIpc) is 3.10. The molecule has 0 aliphatic carbocycles. The molecule has 0 unspecified atom stereocenters. The molecule has 0 fully saturated rings. The third-order valence-corrected chi connectivity index (χ3v) is 5.95. The van der Waals surface area contributed by atoms with Crippen LogP contribution in [0.15, 0.2) is 78.9 Å². The molecule has 1 aromatic heterocycles. The Morgan fingerprint density at radius 3 is 2.34 bits per heavy atom. The van der Waals surface area contributed by atoms with E-state index in [1.165, 1.54) is 6.07 Å². The summed E-state index contributed by atoms with van der Waals surface area (Å²) in [5.41, 5.74) is 9.62.